The van der Waals surface area contributed by atoms with E-state index in [-0.39, 0.29) is 17.7 Å². The monoisotopic (exact) mass is 393 g/mol. The number of primary amides is 1. The van der Waals surface area contributed by atoms with Crippen molar-refractivity contribution >= 4 is 33.2 Å². The summed E-state index contributed by atoms with van der Waals surface area (Å²) >= 11 is 0. The average molecular weight is 393 g/mol. The predicted octanol–water partition coefficient (Wildman–Crippen LogP) is 2.11. The Kier molecular flexibility index (Phi) is 6.17. The third-order valence-corrected chi connectivity index (χ3v) is 5.03. The van der Waals surface area contributed by atoms with Gasteiger partial charge in [0.2, 0.25) is 21.8 Å². The van der Waals surface area contributed by atoms with Gasteiger partial charge in [-0.15, -0.1) is 0 Å². The highest BCUT2D eigenvalue weighted by Crippen LogP contribution is 2.23. The van der Waals surface area contributed by atoms with E-state index in [0.717, 1.165) is 22.7 Å². The van der Waals surface area contributed by atoms with Crippen molar-refractivity contribution in [3.63, 3.8) is 0 Å². The van der Waals surface area contributed by atoms with Gasteiger partial charge in [-0.3, -0.25) is 13.9 Å². The first-order valence-electron chi connectivity index (χ1n) is 8.09. The van der Waals surface area contributed by atoms with E-state index in [2.05, 4.69) is 5.32 Å². The van der Waals surface area contributed by atoms with Gasteiger partial charge in [-0.2, -0.15) is 0 Å². The fraction of sp³-hybridized carbons (Fsp3) is 0.222. The number of carbonyl (C=O) groups excluding carboxylic acids is 2. The van der Waals surface area contributed by atoms with Crippen LogP contribution in [0.15, 0.2) is 48.5 Å². The van der Waals surface area contributed by atoms with E-state index in [1.165, 1.54) is 36.4 Å². The number of hydrogen-bond donors (Lipinski definition) is 2. The van der Waals surface area contributed by atoms with E-state index < -0.39 is 33.7 Å². The molecule has 0 saturated carbocycles. The first kappa shape index (κ1) is 20.4. The maximum Gasteiger partial charge on any atom is 0.248 e. The third kappa shape index (κ3) is 5.04. The zero-order valence-corrected chi connectivity index (χ0v) is 15.7. The minimum absolute atomic E-state index is 0.185. The second kappa shape index (κ2) is 8.17. The van der Waals surface area contributed by atoms with Gasteiger partial charge in [0.1, 0.15) is 11.9 Å². The van der Waals surface area contributed by atoms with E-state index >= 15 is 0 Å². The molecule has 0 radical (unpaired) electrons. The van der Waals surface area contributed by atoms with Crippen LogP contribution >= 0.6 is 0 Å². The third-order valence-electron chi connectivity index (χ3n) is 3.85. The molecule has 0 fully saturated rings. The maximum atomic E-state index is 13.2. The van der Waals surface area contributed by atoms with Gasteiger partial charge in [-0.1, -0.05) is 6.92 Å². The Morgan fingerprint density at radius 2 is 1.67 bits per heavy atom. The quantitative estimate of drug-likeness (QED) is 0.751. The van der Waals surface area contributed by atoms with Crippen molar-refractivity contribution in [1.82, 2.24) is 0 Å². The Morgan fingerprint density at radius 3 is 2.11 bits per heavy atom. The second-order valence-electron chi connectivity index (χ2n) is 5.89. The largest absolute Gasteiger partial charge is 0.366 e. The van der Waals surface area contributed by atoms with Crippen molar-refractivity contribution in [2.24, 2.45) is 5.73 Å². The van der Waals surface area contributed by atoms with Gasteiger partial charge in [0, 0.05) is 11.3 Å². The van der Waals surface area contributed by atoms with Gasteiger partial charge < -0.3 is 11.1 Å². The van der Waals surface area contributed by atoms with Gasteiger partial charge in [-0.25, -0.2) is 12.8 Å². The summed E-state index contributed by atoms with van der Waals surface area (Å²) in [6.45, 7) is 1.67. The summed E-state index contributed by atoms with van der Waals surface area (Å²) in [5.41, 5.74) is 6.02. The van der Waals surface area contributed by atoms with Crippen LogP contribution < -0.4 is 15.4 Å². The molecule has 0 aliphatic carbocycles. The minimum atomic E-state index is -3.81. The Morgan fingerprint density at radius 1 is 1.11 bits per heavy atom. The lowest BCUT2D eigenvalue weighted by molar-refractivity contribution is -0.117. The smallest absolute Gasteiger partial charge is 0.248 e. The van der Waals surface area contributed by atoms with E-state index in [4.69, 9.17) is 5.73 Å². The molecule has 0 unspecified atom stereocenters. The SMILES string of the molecule is CC[C@H](C(=O)Nc1ccc(C(N)=O)cc1)N(c1ccc(F)cc1)S(C)(=O)=O. The first-order chi connectivity index (χ1) is 12.6. The minimum Gasteiger partial charge on any atom is -0.366 e. The number of amides is 2. The van der Waals surface area contributed by atoms with Gasteiger partial charge in [0.05, 0.1) is 11.9 Å². The van der Waals surface area contributed by atoms with Crippen LogP contribution in [0.1, 0.15) is 23.7 Å². The highest BCUT2D eigenvalue weighted by Gasteiger charge is 2.31. The molecule has 2 aromatic rings. The molecule has 0 aliphatic heterocycles. The average Bonchev–Trinajstić information content (AvgIpc) is 2.60. The molecule has 0 aromatic heterocycles. The van der Waals surface area contributed by atoms with Crippen LogP contribution in [-0.4, -0.2) is 32.5 Å². The summed E-state index contributed by atoms with van der Waals surface area (Å²) in [4.78, 5) is 23.8. The van der Waals surface area contributed by atoms with Gasteiger partial charge in [0.15, 0.2) is 0 Å². The maximum absolute atomic E-state index is 13.2. The fourth-order valence-corrected chi connectivity index (χ4v) is 3.80. The van der Waals surface area contributed by atoms with Crippen LogP contribution in [0.3, 0.4) is 0 Å². The summed E-state index contributed by atoms with van der Waals surface area (Å²) in [7, 11) is -3.81. The summed E-state index contributed by atoms with van der Waals surface area (Å²) in [6, 6.07) is 9.70. The molecule has 2 amide bonds. The molecule has 2 rings (SSSR count). The van der Waals surface area contributed by atoms with Crippen molar-refractivity contribution in [1.29, 1.82) is 0 Å². The highest BCUT2D eigenvalue weighted by atomic mass is 32.2. The number of carbonyl (C=O) groups is 2. The molecule has 2 aromatic carbocycles. The molecular weight excluding hydrogens is 373 g/mol. The van der Waals surface area contributed by atoms with Crippen LogP contribution in [0.4, 0.5) is 15.8 Å². The number of sulfonamides is 1. The molecule has 3 N–H and O–H groups in total. The van der Waals surface area contributed by atoms with Crippen molar-refractivity contribution in [3.8, 4) is 0 Å². The van der Waals surface area contributed by atoms with Crippen LogP contribution in [0.25, 0.3) is 0 Å². The zero-order valence-electron chi connectivity index (χ0n) is 14.8. The number of benzene rings is 2. The van der Waals surface area contributed by atoms with Crippen molar-refractivity contribution in [2.45, 2.75) is 19.4 Å². The van der Waals surface area contributed by atoms with E-state index in [0.29, 0.717) is 5.69 Å². The summed E-state index contributed by atoms with van der Waals surface area (Å²) < 4.78 is 38.7. The van der Waals surface area contributed by atoms with E-state index in [1.54, 1.807) is 6.92 Å². The first-order valence-corrected chi connectivity index (χ1v) is 9.94. The number of anilines is 2. The zero-order chi connectivity index (χ0) is 20.2. The van der Waals surface area contributed by atoms with Crippen molar-refractivity contribution in [3.05, 3.63) is 59.9 Å². The van der Waals surface area contributed by atoms with Gasteiger partial charge in [0.25, 0.3) is 0 Å². The van der Waals surface area contributed by atoms with Gasteiger partial charge in [-0.05, 0) is 55.0 Å². The predicted molar refractivity (Wildman–Crippen MR) is 101 cm³/mol. The lowest BCUT2D eigenvalue weighted by Gasteiger charge is -2.30. The summed E-state index contributed by atoms with van der Waals surface area (Å²) in [5.74, 6) is -1.67. The van der Waals surface area contributed by atoms with Crippen LogP contribution in [0, 0.1) is 5.82 Å². The molecule has 1 atom stereocenters. The second-order valence-corrected chi connectivity index (χ2v) is 7.75. The van der Waals surface area contributed by atoms with Gasteiger partial charge >= 0.3 is 0 Å². The number of halogens is 1. The molecule has 144 valence electrons. The molecule has 0 saturated heterocycles. The Bertz CT molecular complexity index is 928. The number of nitrogens with two attached hydrogens (primary N) is 1. The summed E-state index contributed by atoms with van der Waals surface area (Å²) in [6.07, 6.45) is 1.17. The lowest BCUT2D eigenvalue weighted by Crippen LogP contribution is -2.47. The number of nitrogens with one attached hydrogen (secondary N) is 1. The number of nitrogens with zero attached hydrogens (tertiary/aromatic N) is 1. The Hall–Kier alpha value is -2.94. The van der Waals surface area contributed by atoms with Crippen LogP contribution in [0.2, 0.25) is 0 Å². The molecule has 0 heterocycles. The van der Waals surface area contributed by atoms with E-state index in [1.807, 2.05) is 0 Å². The Balaban J connectivity index is 2.31. The number of rotatable bonds is 7. The molecular formula is C18H20FN3O4S. The number of hydrogen-bond acceptors (Lipinski definition) is 4. The van der Waals surface area contributed by atoms with Crippen molar-refractivity contribution < 1.29 is 22.4 Å². The molecule has 7 nitrogen and oxygen atoms in total. The van der Waals surface area contributed by atoms with Crippen LogP contribution in [-0.2, 0) is 14.8 Å². The van der Waals surface area contributed by atoms with Crippen molar-refractivity contribution in [2.75, 3.05) is 15.9 Å². The molecule has 0 spiro atoms. The lowest BCUT2D eigenvalue weighted by atomic mass is 10.1. The summed E-state index contributed by atoms with van der Waals surface area (Å²) in [5, 5.41) is 2.62. The van der Waals surface area contributed by atoms with Crippen LogP contribution in [0.5, 0.6) is 0 Å². The molecule has 0 bridgehead atoms. The standard InChI is InChI=1S/C18H20FN3O4S/c1-3-16(18(24)21-14-8-4-12(5-9-14)17(20)23)22(27(2,25)26)15-10-6-13(19)7-11-15/h4-11,16H,3H2,1-2H3,(H2,20,23)(H,21,24)/t16-/m1/s1. The Labute approximate surface area is 157 Å². The normalized spacial score (nSPS) is 12.3. The fourth-order valence-electron chi connectivity index (χ4n) is 2.59. The molecule has 9 heteroatoms. The highest BCUT2D eigenvalue weighted by molar-refractivity contribution is 7.92. The molecule has 27 heavy (non-hydrogen) atoms. The van der Waals surface area contributed by atoms with E-state index in [9.17, 15) is 22.4 Å². The topological polar surface area (TPSA) is 110 Å². The molecule has 0 aliphatic rings.